The zero-order valence-electron chi connectivity index (χ0n) is 41.0. The molecule has 400 valence electrons. The number of pyridine rings is 2. The number of nitrogens with zero attached hydrogens (tertiary/aromatic N) is 6. The fourth-order valence-corrected chi connectivity index (χ4v) is 13.5. The monoisotopic (exact) mass is 1140 g/mol. The van der Waals surface area contributed by atoms with Crippen molar-refractivity contribution in [3.05, 3.63) is 72.1 Å². The van der Waals surface area contributed by atoms with Gasteiger partial charge >= 0.3 is 0 Å². The molecule has 28 heteroatoms. The summed E-state index contributed by atoms with van der Waals surface area (Å²) in [5, 5.41) is 31.4. The van der Waals surface area contributed by atoms with Gasteiger partial charge < -0.3 is 51.1 Å². The zero-order chi connectivity index (χ0) is 54.7. The Kier molecular flexibility index (Phi) is 20.8. The average molecular weight is 1140 g/mol. The number of rotatable bonds is 7. The molecule has 2 bridgehead atoms. The minimum absolute atomic E-state index is 0.0556. The fraction of sp³-hybridized carbons (Fsp3) is 0.404. The quantitative estimate of drug-likeness (QED) is 0.0997. The number of hydrogen-bond donors (Lipinski definition) is 7. The second-order valence-corrected chi connectivity index (χ2v) is 22.9. The van der Waals surface area contributed by atoms with Crippen molar-refractivity contribution < 1.29 is 58.2 Å². The van der Waals surface area contributed by atoms with Gasteiger partial charge in [-0.3, -0.25) is 47.9 Å². The van der Waals surface area contributed by atoms with Crippen LogP contribution < -0.4 is 21.3 Å². The summed E-state index contributed by atoms with van der Waals surface area (Å²) in [6.07, 6.45) is 1.70. The number of para-hydroxylation sites is 2. The number of thioether (sulfide) groups is 3. The lowest BCUT2D eigenvalue weighted by molar-refractivity contribution is -0.144. The van der Waals surface area contributed by atoms with E-state index in [1.807, 2.05) is 0 Å². The van der Waals surface area contributed by atoms with Gasteiger partial charge in [0.05, 0.1) is 24.1 Å². The molecule has 4 aromatic rings. The summed E-state index contributed by atoms with van der Waals surface area (Å²) >= 11 is 6.79. The van der Waals surface area contributed by atoms with Gasteiger partial charge in [0.1, 0.15) is 47.8 Å². The van der Waals surface area contributed by atoms with E-state index in [1.165, 1.54) is 57.0 Å². The van der Waals surface area contributed by atoms with Crippen LogP contribution >= 0.6 is 69.5 Å². The number of nitrogens with one attached hydrogen (secondary N) is 4. The topological polar surface area (TPSA) is 298 Å². The maximum atomic E-state index is 14.7. The minimum atomic E-state index is -1.55. The summed E-state index contributed by atoms with van der Waals surface area (Å²) in [6, 6.07) is 7.83. The SMILES string of the molecule is CSC[C@H]1C(=O)SC[C@@H](NC(=O)c2nc3ccccc3cc2O)C(=O)NCC(=O)N(C)[C@H]2CSSC[C@@H](C(=O)N1C)N(C)C(=O)CNC(=O)[C@H](NC(=O)c1nc3ccccc3cc1O)CSC(=O)[C@H](CS)N(C)C2=O. The molecule has 2 fully saturated rings. The number of benzene rings is 2. The molecule has 0 saturated carbocycles. The van der Waals surface area contributed by atoms with Crippen molar-refractivity contribution in [2.75, 3.05) is 82.1 Å². The van der Waals surface area contributed by atoms with Crippen molar-refractivity contribution in [1.29, 1.82) is 0 Å². The summed E-state index contributed by atoms with van der Waals surface area (Å²) < 4.78 is 0. The highest BCUT2D eigenvalue weighted by Gasteiger charge is 2.39. The van der Waals surface area contributed by atoms with E-state index in [9.17, 15) is 58.2 Å². The van der Waals surface area contributed by atoms with Crippen molar-refractivity contribution in [2.24, 2.45) is 0 Å². The van der Waals surface area contributed by atoms with Crippen molar-refractivity contribution in [3.8, 4) is 11.5 Å². The van der Waals surface area contributed by atoms with Crippen molar-refractivity contribution in [3.63, 3.8) is 0 Å². The van der Waals surface area contributed by atoms with E-state index in [0.717, 1.165) is 36.3 Å². The van der Waals surface area contributed by atoms with E-state index in [1.54, 1.807) is 54.8 Å². The molecular weight excluding hydrogens is 1090 g/mol. The second-order valence-electron chi connectivity index (χ2n) is 17.0. The maximum Gasteiger partial charge on any atom is 0.274 e. The lowest BCUT2D eigenvalue weighted by Crippen LogP contribution is -2.57. The molecule has 2 aromatic heterocycles. The van der Waals surface area contributed by atoms with Crippen molar-refractivity contribution in [1.82, 2.24) is 50.8 Å². The van der Waals surface area contributed by atoms with E-state index in [0.29, 0.717) is 45.3 Å². The molecule has 6 rings (SSSR count). The highest BCUT2D eigenvalue weighted by Crippen LogP contribution is 2.29. The molecule has 0 unspecified atom stereocenters. The van der Waals surface area contributed by atoms with Crippen LogP contribution in [0.25, 0.3) is 21.8 Å². The summed E-state index contributed by atoms with van der Waals surface area (Å²) in [7, 11) is 7.47. The number of aromatic hydroxyl groups is 2. The van der Waals surface area contributed by atoms with Gasteiger partial charge in [0.15, 0.2) is 11.4 Å². The molecule has 0 radical (unpaired) electrons. The Hall–Kier alpha value is -5.94. The highest BCUT2D eigenvalue weighted by molar-refractivity contribution is 8.76. The van der Waals surface area contributed by atoms with Crippen LogP contribution in [0.4, 0.5) is 0 Å². The van der Waals surface area contributed by atoms with Gasteiger partial charge in [-0.15, -0.1) is 0 Å². The lowest BCUT2D eigenvalue weighted by Gasteiger charge is -2.35. The van der Waals surface area contributed by atoms with Crippen molar-refractivity contribution >= 4 is 149 Å². The van der Waals surface area contributed by atoms with Gasteiger partial charge in [-0.25, -0.2) is 9.97 Å². The second kappa shape index (κ2) is 26.7. The summed E-state index contributed by atoms with van der Waals surface area (Å²) in [6.45, 7) is -1.42. The first-order valence-corrected chi connectivity index (χ1v) is 29.3. The lowest BCUT2D eigenvalue weighted by atomic mass is 10.1. The molecule has 2 aliphatic rings. The largest absolute Gasteiger partial charge is 0.505 e. The Morgan fingerprint density at radius 3 is 1.45 bits per heavy atom. The van der Waals surface area contributed by atoms with Crippen molar-refractivity contribution in [2.45, 2.75) is 36.3 Å². The summed E-state index contributed by atoms with van der Waals surface area (Å²) in [5.41, 5.74) is -0.130. The number of likely N-dealkylation sites (N-methyl/N-ethyl adjacent to an activating group) is 4. The first-order valence-electron chi connectivity index (χ1n) is 22.8. The summed E-state index contributed by atoms with van der Waals surface area (Å²) in [5.74, 6) is -9.17. The first-order chi connectivity index (χ1) is 35.7. The van der Waals surface area contributed by atoms with Gasteiger partial charge in [-0.2, -0.15) is 24.4 Å². The third-order valence-electron chi connectivity index (χ3n) is 12.2. The van der Waals surface area contributed by atoms with Crippen LogP contribution in [0.3, 0.4) is 0 Å². The van der Waals surface area contributed by atoms with Crippen LogP contribution in [-0.4, -0.2) is 216 Å². The highest BCUT2D eigenvalue weighted by atomic mass is 33.1. The molecule has 4 heterocycles. The number of hydrogen-bond acceptors (Lipinski definition) is 20. The number of carbonyl (C=O) groups excluding carboxylic acids is 10. The third kappa shape index (κ3) is 14.3. The number of amides is 8. The minimum Gasteiger partial charge on any atom is -0.505 e. The Balaban J connectivity index is 1.35. The van der Waals surface area contributed by atoms with Gasteiger partial charge in [0.2, 0.25) is 45.7 Å². The first kappa shape index (κ1) is 58.3. The van der Waals surface area contributed by atoms with Crippen LogP contribution in [0, 0.1) is 0 Å². The molecule has 22 nitrogen and oxygen atoms in total. The van der Waals surface area contributed by atoms with Gasteiger partial charge in [-0.05, 0) is 30.5 Å². The molecule has 6 atom stereocenters. The van der Waals surface area contributed by atoms with Crippen LogP contribution in [0.5, 0.6) is 11.5 Å². The smallest absolute Gasteiger partial charge is 0.274 e. The molecule has 2 saturated heterocycles. The van der Waals surface area contributed by atoms with Crippen LogP contribution in [0.2, 0.25) is 0 Å². The Labute approximate surface area is 456 Å². The Bertz CT molecular complexity index is 2890. The Morgan fingerprint density at radius 1 is 0.640 bits per heavy atom. The normalized spacial score (nSPS) is 23.0. The molecule has 6 N–H and O–H groups in total. The van der Waals surface area contributed by atoms with Crippen LogP contribution in [-0.2, 0) is 38.4 Å². The van der Waals surface area contributed by atoms with Gasteiger partial charge in [-0.1, -0.05) is 81.5 Å². The van der Waals surface area contributed by atoms with E-state index in [4.69, 9.17) is 0 Å². The fourth-order valence-electron chi connectivity index (χ4n) is 7.61. The molecule has 0 aliphatic carbocycles. The van der Waals surface area contributed by atoms with Gasteiger partial charge in [0, 0.05) is 73.5 Å². The maximum absolute atomic E-state index is 14.7. The number of carbonyl (C=O) groups is 10. The number of aromatic nitrogens is 2. The van der Waals surface area contributed by atoms with E-state index in [-0.39, 0.29) is 23.0 Å². The average Bonchev–Trinajstić information content (AvgIpc) is 3.39. The Morgan fingerprint density at radius 2 is 1.04 bits per heavy atom. The third-order valence-corrected chi connectivity index (χ3v) is 17.7. The zero-order valence-corrected chi connectivity index (χ0v) is 46.0. The van der Waals surface area contributed by atoms with E-state index < -0.39 is 141 Å². The molecule has 75 heavy (non-hydrogen) atoms. The standard InChI is InChI=1S/C47H54N10O12S6/c1-54-31-22-74-75-23-32(45(67)57(4)33(21-71-5)47(69)73-20-29(41(63)49-16-36(54)60)53-43(65)39-35(59)15-25-11-7-9-13-27(25)51-39)55(2)37(61)17-48-40(62)28(19-72-46(68)30(18-70)56(3)44(31)66)52-42(64)38-34(58)14-24-10-6-8-12-26(24)50-38/h6-15,28-33,58-59,70H,16-23H2,1-5H3,(H,48,62)(H,49,63)(H,52,64)(H,53,65)/t28-,29-,30+,31+,32+,33+/m1/s1. The molecule has 2 aromatic carbocycles. The van der Waals surface area contributed by atoms with E-state index in [2.05, 4.69) is 43.9 Å². The molecule has 2 aliphatic heterocycles. The summed E-state index contributed by atoms with van der Waals surface area (Å²) in [4.78, 5) is 154. The van der Waals surface area contributed by atoms with Crippen LogP contribution in [0.1, 0.15) is 21.0 Å². The molecule has 0 spiro atoms. The predicted octanol–water partition coefficient (Wildman–Crippen LogP) is 0.853. The molecular formula is C47H54N10O12S6. The number of fused-ring (bicyclic) bond motifs is 7. The molecule has 8 amide bonds. The van der Waals surface area contributed by atoms with Crippen LogP contribution in [0.15, 0.2) is 60.7 Å². The predicted molar refractivity (Wildman–Crippen MR) is 294 cm³/mol. The number of thiol groups is 1. The van der Waals surface area contributed by atoms with Gasteiger partial charge in [0.25, 0.3) is 11.8 Å². The van der Waals surface area contributed by atoms with E-state index >= 15 is 0 Å².